The van der Waals surface area contributed by atoms with Crippen LogP contribution in [-0.2, 0) is 17.6 Å². The molecule has 1 N–H and O–H groups in total. The van der Waals surface area contributed by atoms with E-state index in [0.29, 0.717) is 12.2 Å². The van der Waals surface area contributed by atoms with Gasteiger partial charge in [-0.2, -0.15) is 0 Å². The lowest BCUT2D eigenvalue weighted by molar-refractivity contribution is -0.120. The molecule has 2 heterocycles. The van der Waals surface area contributed by atoms with E-state index in [0.717, 1.165) is 22.7 Å². The molecule has 3 rings (SSSR count). The quantitative estimate of drug-likeness (QED) is 0.756. The predicted octanol–water partition coefficient (Wildman–Crippen LogP) is 3.01. The zero-order valence-corrected chi connectivity index (χ0v) is 13.6. The fourth-order valence-corrected chi connectivity index (χ4v) is 3.24. The molecule has 1 aromatic carbocycles. The minimum absolute atomic E-state index is 0.0598. The van der Waals surface area contributed by atoms with E-state index in [1.807, 2.05) is 18.2 Å². The van der Waals surface area contributed by atoms with Gasteiger partial charge in [0.2, 0.25) is 5.91 Å². The Morgan fingerprint density at radius 2 is 2.09 bits per heavy atom. The van der Waals surface area contributed by atoms with Crippen molar-refractivity contribution in [2.24, 2.45) is 0 Å². The Morgan fingerprint density at radius 3 is 2.83 bits per heavy atom. The number of carbonyl (C=O) groups excluding carboxylic acids is 1. The fraction of sp³-hybridized carbons (Fsp3) is 0.235. The molecule has 6 heteroatoms. The van der Waals surface area contributed by atoms with E-state index in [4.69, 9.17) is 9.51 Å². The molecule has 0 unspecified atom stereocenters. The number of aryl methyl sites for hydroxylation is 1. The lowest BCUT2D eigenvalue weighted by Crippen LogP contribution is -2.27. The number of nitrogens with zero attached hydrogens (tertiary/aromatic N) is 2. The number of hydrogen-bond acceptors (Lipinski definition) is 5. The van der Waals surface area contributed by atoms with Crippen LogP contribution in [0.2, 0.25) is 0 Å². The SMILES string of the molecule is Cc1sc(CCNC(=O)Cc2ccon2)nc1-c1ccccc1. The molecule has 0 fully saturated rings. The zero-order valence-electron chi connectivity index (χ0n) is 12.8. The van der Waals surface area contributed by atoms with Crippen LogP contribution in [0.25, 0.3) is 11.3 Å². The largest absolute Gasteiger partial charge is 0.364 e. The summed E-state index contributed by atoms with van der Waals surface area (Å²) in [6.45, 7) is 2.64. The molecule has 0 bridgehead atoms. The van der Waals surface area contributed by atoms with Gasteiger partial charge in [-0.05, 0) is 6.92 Å². The summed E-state index contributed by atoms with van der Waals surface area (Å²) >= 11 is 1.68. The Bertz CT molecular complexity index is 767. The van der Waals surface area contributed by atoms with Gasteiger partial charge in [0.1, 0.15) is 6.26 Å². The molecule has 118 valence electrons. The van der Waals surface area contributed by atoms with E-state index < -0.39 is 0 Å². The highest BCUT2D eigenvalue weighted by Gasteiger charge is 2.10. The molecule has 0 saturated heterocycles. The summed E-state index contributed by atoms with van der Waals surface area (Å²) in [6, 6.07) is 11.8. The second-order valence-corrected chi connectivity index (χ2v) is 6.43. The van der Waals surface area contributed by atoms with E-state index >= 15 is 0 Å². The average Bonchev–Trinajstić information content (AvgIpc) is 3.18. The summed E-state index contributed by atoms with van der Waals surface area (Å²) in [5.74, 6) is -0.0598. The third-order valence-electron chi connectivity index (χ3n) is 3.38. The number of hydrogen-bond donors (Lipinski definition) is 1. The number of aromatic nitrogens is 2. The van der Waals surface area contributed by atoms with Crippen molar-refractivity contribution in [3.8, 4) is 11.3 Å². The van der Waals surface area contributed by atoms with Crippen molar-refractivity contribution in [3.05, 3.63) is 58.2 Å². The van der Waals surface area contributed by atoms with Crippen LogP contribution in [0.15, 0.2) is 47.2 Å². The van der Waals surface area contributed by atoms with Crippen molar-refractivity contribution < 1.29 is 9.32 Å². The monoisotopic (exact) mass is 327 g/mol. The molecule has 0 atom stereocenters. The first-order valence-electron chi connectivity index (χ1n) is 7.40. The maximum absolute atomic E-state index is 11.8. The number of nitrogens with one attached hydrogen (secondary N) is 1. The minimum Gasteiger partial charge on any atom is -0.364 e. The van der Waals surface area contributed by atoms with Crippen molar-refractivity contribution in [2.45, 2.75) is 19.8 Å². The van der Waals surface area contributed by atoms with Crippen LogP contribution in [0.5, 0.6) is 0 Å². The maximum Gasteiger partial charge on any atom is 0.226 e. The molecule has 0 aliphatic rings. The molecule has 0 aliphatic heterocycles. The normalized spacial score (nSPS) is 10.7. The summed E-state index contributed by atoms with van der Waals surface area (Å²) in [7, 11) is 0. The summed E-state index contributed by atoms with van der Waals surface area (Å²) in [6.07, 6.45) is 2.43. The highest BCUT2D eigenvalue weighted by molar-refractivity contribution is 7.12. The first-order valence-corrected chi connectivity index (χ1v) is 8.21. The van der Waals surface area contributed by atoms with Gasteiger partial charge in [0.15, 0.2) is 0 Å². The predicted molar refractivity (Wildman–Crippen MR) is 89.2 cm³/mol. The van der Waals surface area contributed by atoms with Crippen molar-refractivity contribution in [3.63, 3.8) is 0 Å². The van der Waals surface area contributed by atoms with Crippen molar-refractivity contribution >= 4 is 17.2 Å². The Hall–Kier alpha value is -2.47. The molecule has 0 radical (unpaired) electrons. The van der Waals surface area contributed by atoms with Crippen LogP contribution in [-0.4, -0.2) is 22.6 Å². The number of amides is 1. The number of carbonyl (C=O) groups is 1. The average molecular weight is 327 g/mol. The summed E-state index contributed by atoms with van der Waals surface area (Å²) in [5.41, 5.74) is 2.79. The molecule has 0 aliphatic carbocycles. The molecule has 23 heavy (non-hydrogen) atoms. The summed E-state index contributed by atoms with van der Waals surface area (Å²) in [5, 5.41) is 7.64. The van der Waals surface area contributed by atoms with Gasteiger partial charge in [0.25, 0.3) is 0 Å². The maximum atomic E-state index is 11.8. The van der Waals surface area contributed by atoms with E-state index in [1.54, 1.807) is 17.4 Å². The number of benzene rings is 1. The molecule has 3 aromatic rings. The van der Waals surface area contributed by atoms with Gasteiger partial charge in [0.05, 0.1) is 22.8 Å². The molecular formula is C17H17N3O2S. The van der Waals surface area contributed by atoms with Gasteiger partial charge < -0.3 is 9.84 Å². The summed E-state index contributed by atoms with van der Waals surface area (Å²) in [4.78, 5) is 17.7. The van der Waals surface area contributed by atoms with Gasteiger partial charge in [-0.3, -0.25) is 4.79 Å². The topological polar surface area (TPSA) is 68.0 Å². The van der Waals surface area contributed by atoms with Crippen molar-refractivity contribution in [1.82, 2.24) is 15.5 Å². The number of thiazole rings is 1. The van der Waals surface area contributed by atoms with Gasteiger partial charge in [-0.1, -0.05) is 35.5 Å². The molecule has 2 aromatic heterocycles. The van der Waals surface area contributed by atoms with E-state index in [-0.39, 0.29) is 12.3 Å². The lowest BCUT2D eigenvalue weighted by Gasteiger charge is -2.01. The highest BCUT2D eigenvalue weighted by Crippen LogP contribution is 2.27. The van der Waals surface area contributed by atoms with Crippen molar-refractivity contribution in [2.75, 3.05) is 6.54 Å². The fourth-order valence-electron chi connectivity index (χ4n) is 2.29. The van der Waals surface area contributed by atoms with Crippen LogP contribution < -0.4 is 5.32 Å². The second kappa shape index (κ2) is 7.19. The van der Waals surface area contributed by atoms with E-state index in [2.05, 4.69) is 29.5 Å². The smallest absolute Gasteiger partial charge is 0.226 e. The summed E-state index contributed by atoms with van der Waals surface area (Å²) < 4.78 is 4.71. The van der Waals surface area contributed by atoms with Gasteiger partial charge in [0, 0.05) is 29.5 Å². The molecule has 1 amide bonds. The van der Waals surface area contributed by atoms with Crippen molar-refractivity contribution in [1.29, 1.82) is 0 Å². The van der Waals surface area contributed by atoms with E-state index in [1.165, 1.54) is 11.1 Å². The molecule has 0 saturated carbocycles. The lowest BCUT2D eigenvalue weighted by atomic mass is 10.1. The Balaban J connectivity index is 1.54. The van der Waals surface area contributed by atoms with Crippen LogP contribution in [0.4, 0.5) is 0 Å². The first-order chi connectivity index (χ1) is 11.2. The van der Waals surface area contributed by atoms with E-state index in [9.17, 15) is 4.79 Å². The van der Waals surface area contributed by atoms with Gasteiger partial charge >= 0.3 is 0 Å². The standard InChI is InChI=1S/C17H17N3O2S/c1-12-17(13-5-3-2-4-6-13)19-16(23-12)7-9-18-15(21)11-14-8-10-22-20-14/h2-6,8,10H,7,9,11H2,1H3,(H,18,21). The zero-order chi connectivity index (χ0) is 16.1. The molecular weight excluding hydrogens is 310 g/mol. The minimum atomic E-state index is -0.0598. The molecule has 0 spiro atoms. The highest BCUT2D eigenvalue weighted by atomic mass is 32.1. The van der Waals surface area contributed by atoms with Crippen LogP contribution in [0.1, 0.15) is 15.6 Å². The molecule has 5 nitrogen and oxygen atoms in total. The Labute approximate surface area is 138 Å². The third-order valence-corrected chi connectivity index (χ3v) is 4.41. The second-order valence-electron chi connectivity index (χ2n) is 5.15. The first kappa shape index (κ1) is 15.4. The third kappa shape index (κ3) is 4.04. The van der Waals surface area contributed by atoms with Crippen LogP contribution in [0, 0.1) is 6.92 Å². The van der Waals surface area contributed by atoms with Gasteiger partial charge in [-0.25, -0.2) is 4.98 Å². The van der Waals surface area contributed by atoms with Crippen LogP contribution >= 0.6 is 11.3 Å². The van der Waals surface area contributed by atoms with Crippen LogP contribution in [0.3, 0.4) is 0 Å². The van der Waals surface area contributed by atoms with Gasteiger partial charge in [-0.15, -0.1) is 11.3 Å². The Morgan fingerprint density at radius 1 is 1.26 bits per heavy atom. The Kier molecular flexibility index (Phi) is 4.83. The number of rotatable bonds is 6.